The van der Waals surface area contributed by atoms with E-state index in [4.69, 9.17) is 0 Å². The van der Waals surface area contributed by atoms with Crippen LogP contribution in [0.4, 0.5) is 4.39 Å². The van der Waals surface area contributed by atoms with Crippen LogP contribution in [0.3, 0.4) is 0 Å². The van der Waals surface area contributed by atoms with Crippen LogP contribution >= 0.6 is 0 Å². The third-order valence-corrected chi connectivity index (χ3v) is 5.34. The van der Waals surface area contributed by atoms with Crippen LogP contribution in [0.2, 0.25) is 0 Å². The topological polar surface area (TPSA) is 81.3 Å². The van der Waals surface area contributed by atoms with Crippen LogP contribution in [-0.4, -0.2) is 42.5 Å². The van der Waals surface area contributed by atoms with Gasteiger partial charge in [0.1, 0.15) is 5.82 Å². The molecule has 1 aromatic heterocycles. The minimum atomic E-state index is -0.229. The van der Waals surface area contributed by atoms with Gasteiger partial charge in [0.25, 0.3) is 0 Å². The molecule has 0 saturated heterocycles. The molecule has 1 amide bonds. The van der Waals surface area contributed by atoms with Gasteiger partial charge in [0.2, 0.25) is 5.91 Å². The van der Waals surface area contributed by atoms with Gasteiger partial charge in [0, 0.05) is 42.7 Å². The molecule has 0 aliphatic heterocycles. The highest BCUT2D eigenvalue weighted by atomic mass is 19.1. The van der Waals surface area contributed by atoms with Crippen LogP contribution < -0.4 is 16.0 Å². The molecule has 1 aliphatic carbocycles. The molecule has 2 aromatic rings. The number of benzene rings is 1. The van der Waals surface area contributed by atoms with E-state index in [-0.39, 0.29) is 11.7 Å². The number of aromatic amines is 1. The number of H-pyrrole nitrogens is 1. The van der Waals surface area contributed by atoms with Crippen molar-refractivity contribution in [2.75, 3.05) is 19.6 Å². The molecule has 4 N–H and O–H groups in total. The van der Waals surface area contributed by atoms with E-state index < -0.39 is 0 Å². The summed E-state index contributed by atoms with van der Waals surface area (Å²) < 4.78 is 13.5. The van der Waals surface area contributed by atoms with Gasteiger partial charge in [0.15, 0.2) is 5.96 Å². The normalized spacial score (nSPS) is 15.4. The zero-order valence-electron chi connectivity index (χ0n) is 17.2. The highest BCUT2D eigenvalue weighted by Crippen LogP contribution is 2.19. The zero-order chi connectivity index (χ0) is 20.5. The number of nitrogens with zero attached hydrogens (tertiary/aromatic N) is 1. The molecule has 6 nitrogen and oxygen atoms in total. The number of carbonyl (C=O) groups is 1. The fourth-order valence-electron chi connectivity index (χ4n) is 3.83. The van der Waals surface area contributed by atoms with Crippen molar-refractivity contribution in [2.24, 2.45) is 4.99 Å². The summed E-state index contributed by atoms with van der Waals surface area (Å²) in [6.07, 6.45) is 8.95. The van der Waals surface area contributed by atoms with Crippen molar-refractivity contribution in [3.05, 3.63) is 35.8 Å². The van der Waals surface area contributed by atoms with Gasteiger partial charge >= 0.3 is 0 Å². The van der Waals surface area contributed by atoms with E-state index in [1.54, 1.807) is 12.1 Å². The quantitative estimate of drug-likeness (QED) is 0.405. The monoisotopic (exact) mass is 401 g/mol. The van der Waals surface area contributed by atoms with Gasteiger partial charge in [-0.05, 0) is 49.9 Å². The lowest BCUT2D eigenvalue weighted by atomic mass is 9.95. The molecule has 1 aromatic carbocycles. The molecule has 0 bridgehead atoms. The first kappa shape index (κ1) is 21.1. The molecular formula is C22H32FN5O. The van der Waals surface area contributed by atoms with E-state index in [0.717, 1.165) is 42.3 Å². The summed E-state index contributed by atoms with van der Waals surface area (Å²) in [6, 6.07) is 5.12. The number of amides is 1. The third-order valence-electron chi connectivity index (χ3n) is 5.34. The number of halogens is 1. The number of fused-ring (bicyclic) bond motifs is 1. The summed E-state index contributed by atoms with van der Waals surface area (Å²) in [5.74, 6) is 0.550. The largest absolute Gasteiger partial charge is 0.361 e. The van der Waals surface area contributed by atoms with Crippen molar-refractivity contribution >= 4 is 22.8 Å². The maximum Gasteiger partial charge on any atom is 0.222 e. The fourth-order valence-corrected chi connectivity index (χ4v) is 3.83. The van der Waals surface area contributed by atoms with Crippen molar-refractivity contribution in [1.29, 1.82) is 0 Å². The van der Waals surface area contributed by atoms with Crippen LogP contribution in [0, 0.1) is 5.82 Å². The van der Waals surface area contributed by atoms with Crippen molar-refractivity contribution in [3.63, 3.8) is 0 Å². The minimum Gasteiger partial charge on any atom is -0.361 e. The van der Waals surface area contributed by atoms with E-state index in [1.807, 2.05) is 13.1 Å². The highest BCUT2D eigenvalue weighted by molar-refractivity contribution is 5.83. The minimum absolute atomic E-state index is 0.0808. The van der Waals surface area contributed by atoms with Crippen LogP contribution in [0.25, 0.3) is 10.9 Å². The molecule has 3 rings (SSSR count). The fraction of sp³-hybridized carbons (Fsp3) is 0.545. The Morgan fingerprint density at radius 1 is 1.24 bits per heavy atom. The van der Waals surface area contributed by atoms with Gasteiger partial charge < -0.3 is 20.9 Å². The van der Waals surface area contributed by atoms with Crippen LogP contribution in [0.15, 0.2) is 29.4 Å². The van der Waals surface area contributed by atoms with E-state index in [9.17, 15) is 9.18 Å². The molecule has 158 valence electrons. The van der Waals surface area contributed by atoms with Crippen LogP contribution in [0.5, 0.6) is 0 Å². The van der Waals surface area contributed by atoms with E-state index in [1.165, 1.54) is 25.3 Å². The van der Waals surface area contributed by atoms with Gasteiger partial charge in [-0.2, -0.15) is 0 Å². The molecule has 1 heterocycles. The smallest absolute Gasteiger partial charge is 0.222 e. The van der Waals surface area contributed by atoms with E-state index in [0.29, 0.717) is 31.5 Å². The van der Waals surface area contributed by atoms with Crippen LogP contribution in [0.1, 0.15) is 51.0 Å². The summed E-state index contributed by atoms with van der Waals surface area (Å²) in [5, 5.41) is 10.5. The standard InChI is InChI=1S/C22H32FN5O/c1-2-24-22(26-13-11-21(29)28-18-6-4-3-5-7-18)25-12-10-16-15-27-20-9-8-17(23)14-19(16)20/h8-9,14-15,18,27H,2-7,10-13H2,1H3,(H,28,29)(H2,24,25,26). The predicted octanol–water partition coefficient (Wildman–Crippen LogP) is 3.24. The Bertz CT molecular complexity index is 826. The van der Waals surface area contributed by atoms with Gasteiger partial charge in [-0.15, -0.1) is 0 Å². The average molecular weight is 402 g/mol. The van der Waals surface area contributed by atoms with Gasteiger partial charge in [-0.25, -0.2) is 4.39 Å². The highest BCUT2D eigenvalue weighted by Gasteiger charge is 2.15. The van der Waals surface area contributed by atoms with Crippen molar-refractivity contribution in [3.8, 4) is 0 Å². The summed E-state index contributed by atoms with van der Waals surface area (Å²) >= 11 is 0. The molecule has 0 radical (unpaired) electrons. The molecular weight excluding hydrogens is 369 g/mol. The Labute approximate surface area is 171 Å². The Kier molecular flexibility index (Phi) is 7.90. The number of rotatable bonds is 8. The van der Waals surface area contributed by atoms with E-state index in [2.05, 4.69) is 25.9 Å². The van der Waals surface area contributed by atoms with Gasteiger partial charge in [0.05, 0.1) is 6.54 Å². The molecule has 1 aliphatic rings. The maximum absolute atomic E-state index is 13.5. The van der Waals surface area contributed by atoms with Crippen molar-refractivity contribution in [1.82, 2.24) is 20.9 Å². The Morgan fingerprint density at radius 3 is 2.86 bits per heavy atom. The summed E-state index contributed by atoms with van der Waals surface area (Å²) in [4.78, 5) is 19.8. The molecule has 0 unspecified atom stereocenters. The first-order valence-electron chi connectivity index (χ1n) is 10.7. The number of guanidine groups is 1. The number of nitrogens with one attached hydrogen (secondary N) is 4. The van der Waals surface area contributed by atoms with E-state index >= 15 is 0 Å². The molecule has 1 saturated carbocycles. The number of hydrogen-bond donors (Lipinski definition) is 4. The number of aromatic nitrogens is 1. The molecule has 1 fully saturated rings. The number of aliphatic imine (C=N–C) groups is 1. The molecule has 29 heavy (non-hydrogen) atoms. The second-order valence-electron chi connectivity index (χ2n) is 7.59. The molecule has 7 heteroatoms. The number of carbonyl (C=O) groups excluding carboxylic acids is 1. The summed E-state index contributed by atoms with van der Waals surface area (Å²) in [6.45, 7) is 3.88. The van der Waals surface area contributed by atoms with Gasteiger partial charge in [-0.1, -0.05) is 19.3 Å². The third kappa shape index (κ3) is 6.48. The lowest BCUT2D eigenvalue weighted by molar-refractivity contribution is -0.121. The first-order chi connectivity index (χ1) is 14.2. The van der Waals surface area contributed by atoms with Crippen molar-refractivity contribution in [2.45, 2.75) is 57.9 Å². The lowest BCUT2D eigenvalue weighted by Crippen LogP contribution is -2.39. The average Bonchev–Trinajstić information content (AvgIpc) is 3.11. The molecule has 0 spiro atoms. The van der Waals surface area contributed by atoms with Crippen molar-refractivity contribution < 1.29 is 9.18 Å². The zero-order valence-corrected chi connectivity index (χ0v) is 17.2. The Balaban J connectivity index is 1.44. The Morgan fingerprint density at radius 2 is 2.07 bits per heavy atom. The predicted molar refractivity (Wildman–Crippen MR) is 116 cm³/mol. The number of hydrogen-bond acceptors (Lipinski definition) is 2. The SMILES string of the molecule is CCNC(=NCCC(=O)NC1CCCCC1)NCCc1c[nH]c2ccc(F)cc12. The second kappa shape index (κ2) is 10.8. The lowest BCUT2D eigenvalue weighted by Gasteiger charge is -2.22. The Hall–Kier alpha value is -2.57. The summed E-state index contributed by atoms with van der Waals surface area (Å²) in [5.41, 5.74) is 2.00. The second-order valence-corrected chi connectivity index (χ2v) is 7.59. The molecule has 0 atom stereocenters. The first-order valence-corrected chi connectivity index (χ1v) is 10.7. The maximum atomic E-state index is 13.5. The van der Waals surface area contributed by atoms with Gasteiger partial charge in [-0.3, -0.25) is 9.79 Å². The van der Waals surface area contributed by atoms with Crippen LogP contribution in [-0.2, 0) is 11.2 Å². The summed E-state index contributed by atoms with van der Waals surface area (Å²) in [7, 11) is 0.